The van der Waals surface area contributed by atoms with Gasteiger partial charge in [-0.15, -0.1) is 0 Å². The van der Waals surface area contributed by atoms with Crippen LogP contribution in [0.3, 0.4) is 0 Å². The molecular weight excluding hydrogens is 292 g/mol. The van der Waals surface area contributed by atoms with Gasteiger partial charge in [0.2, 0.25) is 0 Å². The zero-order chi connectivity index (χ0) is 15.4. The predicted octanol–water partition coefficient (Wildman–Crippen LogP) is 2.86. The number of fused-ring (bicyclic) bond motifs is 1. The SMILES string of the molecule is NC(=S)NN=Cc1ccc2c(ccn2Cc2ccccc2)c1. The monoisotopic (exact) mass is 308 g/mol. The molecule has 0 unspecified atom stereocenters. The molecule has 3 rings (SSSR count). The van der Waals surface area contributed by atoms with E-state index in [-0.39, 0.29) is 5.11 Å². The number of thiocarbonyl (C=S) groups is 1. The lowest BCUT2D eigenvalue weighted by Crippen LogP contribution is -2.23. The minimum absolute atomic E-state index is 0.159. The van der Waals surface area contributed by atoms with Crippen molar-refractivity contribution in [1.29, 1.82) is 0 Å². The summed E-state index contributed by atoms with van der Waals surface area (Å²) in [6, 6.07) is 18.7. The van der Waals surface area contributed by atoms with E-state index in [1.165, 1.54) is 16.5 Å². The second-order valence-electron chi connectivity index (χ2n) is 4.98. The van der Waals surface area contributed by atoms with Crippen molar-refractivity contribution >= 4 is 34.4 Å². The molecular formula is C17H16N4S. The van der Waals surface area contributed by atoms with Crippen molar-refractivity contribution in [2.45, 2.75) is 6.54 Å². The lowest BCUT2D eigenvalue weighted by molar-refractivity contribution is 0.837. The van der Waals surface area contributed by atoms with Crippen LogP contribution in [0.2, 0.25) is 0 Å². The Morgan fingerprint density at radius 2 is 2.00 bits per heavy atom. The molecule has 0 atom stereocenters. The number of aromatic nitrogens is 1. The molecule has 0 radical (unpaired) electrons. The summed E-state index contributed by atoms with van der Waals surface area (Å²) in [5, 5.41) is 5.31. The maximum Gasteiger partial charge on any atom is 0.184 e. The summed E-state index contributed by atoms with van der Waals surface area (Å²) in [5.41, 5.74) is 11.4. The van der Waals surface area contributed by atoms with E-state index in [2.05, 4.69) is 63.8 Å². The Hall–Kier alpha value is -2.66. The molecule has 0 saturated heterocycles. The number of nitrogens with zero attached hydrogens (tertiary/aromatic N) is 2. The van der Waals surface area contributed by atoms with Crippen molar-refractivity contribution in [2.24, 2.45) is 10.8 Å². The molecule has 0 fully saturated rings. The molecule has 110 valence electrons. The first kappa shape index (κ1) is 14.3. The van der Waals surface area contributed by atoms with E-state index in [4.69, 9.17) is 18.0 Å². The molecule has 0 aliphatic rings. The Balaban J connectivity index is 1.83. The second kappa shape index (κ2) is 6.41. The number of rotatable bonds is 4. The Bertz CT molecular complexity index is 821. The molecule has 0 aliphatic heterocycles. The van der Waals surface area contributed by atoms with Crippen LogP contribution in [0.1, 0.15) is 11.1 Å². The molecule has 1 aromatic heterocycles. The zero-order valence-electron chi connectivity index (χ0n) is 11.9. The lowest BCUT2D eigenvalue weighted by Gasteiger charge is -2.06. The Morgan fingerprint density at radius 3 is 2.77 bits per heavy atom. The van der Waals surface area contributed by atoms with Crippen molar-refractivity contribution in [2.75, 3.05) is 0 Å². The highest BCUT2D eigenvalue weighted by Crippen LogP contribution is 2.18. The quantitative estimate of drug-likeness (QED) is 0.443. The molecule has 22 heavy (non-hydrogen) atoms. The van der Waals surface area contributed by atoms with Gasteiger partial charge in [-0.1, -0.05) is 36.4 Å². The maximum absolute atomic E-state index is 5.33. The molecule has 3 N–H and O–H groups in total. The van der Waals surface area contributed by atoms with Gasteiger partial charge in [0.15, 0.2) is 5.11 Å². The van der Waals surface area contributed by atoms with Crippen molar-refractivity contribution < 1.29 is 0 Å². The first-order chi connectivity index (χ1) is 10.7. The molecule has 1 heterocycles. The van der Waals surface area contributed by atoms with Gasteiger partial charge in [-0.3, -0.25) is 5.43 Å². The van der Waals surface area contributed by atoms with E-state index in [0.717, 1.165) is 12.1 Å². The molecule has 0 spiro atoms. The number of benzene rings is 2. The largest absolute Gasteiger partial charge is 0.375 e. The fourth-order valence-electron chi connectivity index (χ4n) is 2.39. The van der Waals surface area contributed by atoms with E-state index < -0.39 is 0 Å². The van der Waals surface area contributed by atoms with E-state index in [1.54, 1.807) is 6.21 Å². The van der Waals surface area contributed by atoms with Gasteiger partial charge in [0.05, 0.1) is 6.21 Å². The van der Waals surface area contributed by atoms with E-state index in [9.17, 15) is 0 Å². The molecule has 0 amide bonds. The van der Waals surface area contributed by atoms with Crippen LogP contribution in [0, 0.1) is 0 Å². The van der Waals surface area contributed by atoms with Crippen LogP contribution in [0.25, 0.3) is 10.9 Å². The van der Waals surface area contributed by atoms with Crippen LogP contribution in [0.5, 0.6) is 0 Å². The first-order valence-corrected chi connectivity index (χ1v) is 7.34. The van der Waals surface area contributed by atoms with Crippen LogP contribution in [0.15, 0.2) is 65.9 Å². The summed E-state index contributed by atoms with van der Waals surface area (Å²) < 4.78 is 2.23. The van der Waals surface area contributed by atoms with E-state index >= 15 is 0 Å². The minimum atomic E-state index is 0.159. The molecule has 4 nitrogen and oxygen atoms in total. The van der Waals surface area contributed by atoms with Gasteiger partial charge in [0.25, 0.3) is 0 Å². The highest BCUT2D eigenvalue weighted by Gasteiger charge is 2.02. The molecule has 0 aliphatic carbocycles. The van der Waals surface area contributed by atoms with Crippen LogP contribution in [0.4, 0.5) is 0 Å². The van der Waals surface area contributed by atoms with Crippen molar-refractivity contribution in [3.63, 3.8) is 0 Å². The van der Waals surface area contributed by atoms with Gasteiger partial charge < -0.3 is 10.3 Å². The molecule has 0 bridgehead atoms. The van der Waals surface area contributed by atoms with Gasteiger partial charge in [-0.2, -0.15) is 5.10 Å². The summed E-state index contributed by atoms with van der Waals surface area (Å²) in [4.78, 5) is 0. The average molecular weight is 308 g/mol. The number of hydrogen-bond donors (Lipinski definition) is 2. The number of nitrogens with two attached hydrogens (primary N) is 1. The van der Waals surface area contributed by atoms with Gasteiger partial charge in [0, 0.05) is 23.6 Å². The van der Waals surface area contributed by atoms with Crippen LogP contribution in [-0.2, 0) is 6.54 Å². The van der Waals surface area contributed by atoms with Crippen molar-refractivity contribution in [3.8, 4) is 0 Å². The number of hydrazone groups is 1. The summed E-state index contributed by atoms with van der Waals surface area (Å²) in [5.74, 6) is 0. The van der Waals surface area contributed by atoms with Crippen molar-refractivity contribution in [1.82, 2.24) is 9.99 Å². The van der Waals surface area contributed by atoms with Gasteiger partial charge in [-0.05, 0) is 41.5 Å². The second-order valence-corrected chi connectivity index (χ2v) is 5.42. The van der Waals surface area contributed by atoms with Crippen LogP contribution in [-0.4, -0.2) is 15.9 Å². The summed E-state index contributed by atoms with van der Waals surface area (Å²) in [6.07, 6.45) is 3.80. The predicted molar refractivity (Wildman–Crippen MR) is 95.0 cm³/mol. The fourth-order valence-corrected chi connectivity index (χ4v) is 2.44. The highest BCUT2D eigenvalue weighted by molar-refractivity contribution is 7.80. The lowest BCUT2D eigenvalue weighted by atomic mass is 10.1. The number of nitrogens with one attached hydrogen (secondary N) is 1. The number of hydrogen-bond acceptors (Lipinski definition) is 2. The minimum Gasteiger partial charge on any atom is -0.375 e. The van der Waals surface area contributed by atoms with Gasteiger partial charge in [0.1, 0.15) is 0 Å². The molecule has 3 aromatic rings. The summed E-state index contributed by atoms with van der Waals surface area (Å²) >= 11 is 4.70. The summed E-state index contributed by atoms with van der Waals surface area (Å²) in [6.45, 7) is 0.862. The Labute approximate surface area is 134 Å². The Morgan fingerprint density at radius 1 is 1.18 bits per heavy atom. The van der Waals surface area contributed by atoms with Crippen LogP contribution < -0.4 is 11.2 Å². The smallest absolute Gasteiger partial charge is 0.184 e. The Kier molecular flexibility index (Phi) is 4.16. The van der Waals surface area contributed by atoms with Gasteiger partial charge >= 0.3 is 0 Å². The molecule has 2 aromatic carbocycles. The van der Waals surface area contributed by atoms with Crippen LogP contribution >= 0.6 is 12.2 Å². The zero-order valence-corrected chi connectivity index (χ0v) is 12.8. The topological polar surface area (TPSA) is 55.3 Å². The maximum atomic E-state index is 5.33. The summed E-state index contributed by atoms with van der Waals surface area (Å²) in [7, 11) is 0. The highest BCUT2D eigenvalue weighted by atomic mass is 32.1. The van der Waals surface area contributed by atoms with Gasteiger partial charge in [-0.25, -0.2) is 0 Å². The first-order valence-electron chi connectivity index (χ1n) is 6.94. The van der Waals surface area contributed by atoms with E-state index in [1.807, 2.05) is 12.1 Å². The third-order valence-electron chi connectivity index (χ3n) is 3.38. The average Bonchev–Trinajstić information content (AvgIpc) is 2.90. The van der Waals surface area contributed by atoms with Crippen molar-refractivity contribution in [3.05, 3.63) is 71.9 Å². The van der Waals surface area contributed by atoms with E-state index in [0.29, 0.717) is 0 Å². The molecule has 5 heteroatoms. The third kappa shape index (κ3) is 3.32. The molecule has 0 saturated carbocycles. The normalized spacial score (nSPS) is 11.1. The third-order valence-corrected chi connectivity index (χ3v) is 3.47. The fraction of sp³-hybridized carbons (Fsp3) is 0.0588. The standard InChI is InChI=1S/C17H16N4S/c18-17(22)20-19-11-14-6-7-16-15(10-14)8-9-21(16)12-13-4-2-1-3-5-13/h1-11H,12H2,(H3,18,20,22).